The Morgan fingerprint density at radius 2 is 1.96 bits per heavy atom. The number of sulfonamides is 1. The van der Waals surface area contributed by atoms with Gasteiger partial charge in [0.2, 0.25) is 15.9 Å². The van der Waals surface area contributed by atoms with Gasteiger partial charge in [-0.3, -0.25) is 9.78 Å². The molecule has 142 valence electrons. The second kappa shape index (κ2) is 7.05. The first-order valence-corrected chi connectivity index (χ1v) is 10.7. The first-order chi connectivity index (χ1) is 13.0. The van der Waals surface area contributed by atoms with Gasteiger partial charge in [-0.15, -0.1) is 0 Å². The van der Waals surface area contributed by atoms with Crippen LogP contribution < -0.4 is 4.90 Å². The zero-order chi connectivity index (χ0) is 19.0. The highest BCUT2D eigenvalue weighted by Gasteiger charge is 2.38. The fourth-order valence-corrected chi connectivity index (χ4v) is 5.36. The number of hydrogen-bond donors (Lipinski definition) is 0. The topological polar surface area (TPSA) is 70.6 Å². The lowest BCUT2D eigenvalue weighted by Gasteiger charge is -2.29. The monoisotopic (exact) mass is 385 g/mol. The molecule has 1 aromatic carbocycles. The highest BCUT2D eigenvalue weighted by molar-refractivity contribution is 7.89. The molecule has 0 atom stereocenters. The highest BCUT2D eigenvalue weighted by Crippen LogP contribution is 2.36. The van der Waals surface area contributed by atoms with Gasteiger partial charge in [-0.25, -0.2) is 8.42 Å². The summed E-state index contributed by atoms with van der Waals surface area (Å²) in [5.41, 5.74) is 2.69. The first kappa shape index (κ1) is 18.1. The number of pyridine rings is 1. The molecule has 0 bridgehead atoms. The van der Waals surface area contributed by atoms with Crippen LogP contribution in [0.5, 0.6) is 0 Å². The van der Waals surface area contributed by atoms with E-state index in [0.717, 1.165) is 42.5 Å². The summed E-state index contributed by atoms with van der Waals surface area (Å²) in [5.74, 6) is -0.0103. The van der Waals surface area contributed by atoms with E-state index in [1.54, 1.807) is 46.7 Å². The summed E-state index contributed by atoms with van der Waals surface area (Å²) in [5, 5.41) is 0. The molecule has 0 saturated heterocycles. The molecule has 4 rings (SSSR count). The van der Waals surface area contributed by atoms with Crippen molar-refractivity contribution in [3.63, 3.8) is 0 Å². The number of nitrogens with zero attached hydrogens (tertiary/aromatic N) is 3. The summed E-state index contributed by atoms with van der Waals surface area (Å²) in [6.07, 6.45) is 6.79. The van der Waals surface area contributed by atoms with E-state index < -0.39 is 10.0 Å². The zero-order valence-electron chi connectivity index (χ0n) is 15.3. The summed E-state index contributed by atoms with van der Waals surface area (Å²) >= 11 is 0. The average Bonchev–Trinajstić information content (AvgIpc) is 3.50. The minimum absolute atomic E-state index is 0.0103. The predicted octanol–water partition coefficient (Wildman–Crippen LogP) is 2.73. The second-order valence-corrected chi connectivity index (χ2v) is 9.09. The Balaban J connectivity index is 1.67. The number of hydrogen-bond acceptors (Lipinski definition) is 4. The van der Waals surface area contributed by atoms with Crippen LogP contribution in [0.25, 0.3) is 0 Å². The van der Waals surface area contributed by atoms with Crippen molar-refractivity contribution in [3.8, 4) is 0 Å². The van der Waals surface area contributed by atoms with Crippen LogP contribution in [-0.2, 0) is 27.8 Å². The van der Waals surface area contributed by atoms with Crippen molar-refractivity contribution in [2.24, 2.45) is 0 Å². The van der Waals surface area contributed by atoms with Gasteiger partial charge in [0.05, 0.1) is 4.90 Å². The van der Waals surface area contributed by atoms with E-state index in [2.05, 4.69) is 4.98 Å². The molecule has 0 radical (unpaired) electrons. The van der Waals surface area contributed by atoms with Gasteiger partial charge in [-0.05, 0) is 67.1 Å². The van der Waals surface area contributed by atoms with Gasteiger partial charge in [0.15, 0.2) is 0 Å². The van der Waals surface area contributed by atoms with Crippen LogP contribution in [0, 0.1) is 0 Å². The first-order valence-electron chi connectivity index (χ1n) is 9.28. The maximum Gasteiger partial charge on any atom is 0.243 e. The minimum Gasteiger partial charge on any atom is -0.312 e. The lowest BCUT2D eigenvalue weighted by Crippen LogP contribution is -2.35. The molecule has 0 unspecified atom stereocenters. The Morgan fingerprint density at radius 3 is 2.63 bits per heavy atom. The molecule has 0 spiro atoms. The quantitative estimate of drug-likeness (QED) is 0.793. The maximum absolute atomic E-state index is 13.3. The number of anilines is 1. The van der Waals surface area contributed by atoms with Crippen LogP contribution in [0.4, 0.5) is 5.69 Å². The largest absolute Gasteiger partial charge is 0.312 e. The normalized spacial score (nSPS) is 17.0. The molecule has 6 nitrogen and oxygen atoms in total. The molecule has 0 N–H and O–H groups in total. The smallest absolute Gasteiger partial charge is 0.243 e. The number of fused-ring (bicyclic) bond motifs is 1. The van der Waals surface area contributed by atoms with E-state index in [-0.39, 0.29) is 11.9 Å². The molecule has 1 amide bonds. The van der Waals surface area contributed by atoms with Crippen LogP contribution in [-0.4, -0.2) is 36.2 Å². The Morgan fingerprint density at radius 1 is 1.22 bits per heavy atom. The minimum atomic E-state index is -3.60. The van der Waals surface area contributed by atoms with Crippen LogP contribution in [0.1, 0.15) is 37.3 Å². The van der Waals surface area contributed by atoms with E-state index in [0.29, 0.717) is 18.0 Å². The van der Waals surface area contributed by atoms with Crippen LogP contribution in [0.3, 0.4) is 0 Å². The van der Waals surface area contributed by atoms with Gasteiger partial charge < -0.3 is 4.90 Å². The standard InChI is InChI=1S/C20H23N3O3S/c1-15(24)22-12-2-3-17-13-19(6-7-20(17)22)27(25,26)23(18-4-5-18)14-16-8-10-21-11-9-16/h6-11,13,18H,2-5,12,14H2,1H3. The third kappa shape index (κ3) is 3.61. The third-order valence-corrected chi connectivity index (χ3v) is 7.09. The van der Waals surface area contributed by atoms with Crippen LogP contribution in [0.15, 0.2) is 47.6 Å². The number of carbonyl (C=O) groups excluding carboxylic acids is 1. The van der Waals surface area contributed by atoms with Crippen LogP contribution in [0.2, 0.25) is 0 Å². The lowest BCUT2D eigenvalue weighted by atomic mass is 10.0. The third-order valence-electron chi connectivity index (χ3n) is 5.20. The summed E-state index contributed by atoms with van der Waals surface area (Å²) in [7, 11) is -3.60. The van der Waals surface area contributed by atoms with E-state index in [9.17, 15) is 13.2 Å². The van der Waals surface area contributed by atoms with Gasteiger partial charge >= 0.3 is 0 Å². The van der Waals surface area contributed by atoms with Gasteiger partial charge in [-0.2, -0.15) is 4.31 Å². The molecule has 1 aliphatic heterocycles. The van der Waals surface area contributed by atoms with Crippen molar-refractivity contribution < 1.29 is 13.2 Å². The fraction of sp³-hybridized carbons (Fsp3) is 0.400. The Kier molecular flexibility index (Phi) is 4.74. The Labute approximate surface area is 159 Å². The number of carbonyl (C=O) groups is 1. The number of aryl methyl sites for hydroxylation is 1. The Bertz CT molecular complexity index is 956. The Hall–Kier alpha value is -2.25. The van der Waals surface area contributed by atoms with Gasteiger partial charge in [0.25, 0.3) is 0 Å². The van der Waals surface area contributed by atoms with E-state index in [1.165, 1.54) is 0 Å². The van der Waals surface area contributed by atoms with Crippen molar-refractivity contribution in [3.05, 3.63) is 53.9 Å². The summed E-state index contributed by atoms with van der Waals surface area (Å²) in [6.45, 7) is 2.58. The van der Waals surface area contributed by atoms with Crippen molar-refractivity contribution in [2.45, 2.75) is 50.1 Å². The molecule has 7 heteroatoms. The molecular formula is C20H23N3O3S. The molecule has 2 heterocycles. The summed E-state index contributed by atoms with van der Waals surface area (Å²) in [4.78, 5) is 17.9. The van der Waals surface area contributed by atoms with E-state index in [1.807, 2.05) is 12.1 Å². The zero-order valence-corrected chi connectivity index (χ0v) is 16.2. The summed E-state index contributed by atoms with van der Waals surface area (Å²) in [6, 6.07) is 8.93. The second-order valence-electron chi connectivity index (χ2n) is 7.20. The van der Waals surface area contributed by atoms with Gasteiger partial charge in [0.1, 0.15) is 0 Å². The van der Waals surface area contributed by atoms with Crippen molar-refractivity contribution >= 4 is 21.6 Å². The molecule has 1 fully saturated rings. The molecule has 1 saturated carbocycles. The van der Waals surface area contributed by atoms with Crippen molar-refractivity contribution in [2.75, 3.05) is 11.4 Å². The molecule has 1 aromatic heterocycles. The lowest BCUT2D eigenvalue weighted by molar-refractivity contribution is -0.116. The van der Waals surface area contributed by atoms with Crippen molar-refractivity contribution in [1.82, 2.24) is 9.29 Å². The SMILES string of the molecule is CC(=O)N1CCCc2cc(S(=O)(=O)N(Cc3ccncc3)C3CC3)ccc21. The fourth-order valence-electron chi connectivity index (χ4n) is 3.64. The molecule has 2 aliphatic rings. The van der Waals surface area contributed by atoms with Gasteiger partial charge in [0, 0.05) is 44.1 Å². The number of rotatable bonds is 5. The van der Waals surface area contributed by atoms with E-state index in [4.69, 9.17) is 0 Å². The molecule has 27 heavy (non-hydrogen) atoms. The van der Waals surface area contributed by atoms with Gasteiger partial charge in [-0.1, -0.05) is 0 Å². The van der Waals surface area contributed by atoms with Crippen molar-refractivity contribution in [1.29, 1.82) is 0 Å². The predicted molar refractivity (Wildman–Crippen MR) is 103 cm³/mol. The summed E-state index contributed by atoms with van der Waals surface area (Å²) < 4.78 is 28.3. The molecule has 1 aliphatic carbocycles. The maximum atomic E-state index is 13.3. The highest BCUT2D eigenvalue weighted by atomic mass is 32.2. The number of aromatic nitrogens is 1. The van der Waals surface area contributed by atoms with E-state index >= 15 is 0 Å². The van der Waals surface area contributed by atoms with Crippen LogP contribution >= 0.6 is 0 Å². The number of benzene rings is 1. The molecule has 2 aromatic rings. The molecular weight excluding hydrogens is 362 g/mol. The average molecular weight is 385 g/mol. The number of amides is 1.